The molecule has 2 N–H and O–H groups in total. The third-order valence-corrected chi connectivity index (χ3v) is 3.39. The second-order valence-electron chi connectivity index (χ2n) is 6.75. The van der Waals surface area contributed by atoms with Crippen LogP contribution in [0.2, 0.25) is 0 Å². The molecule has 2 atom stereocenters. The Morgan fingerprint density at radius 1 is 1.21 bits per heavy atom. The van der Waals surface area contributed by atoms with Crippen molar-refractivity contribution in [3.63, 3.8) is 0 Å². The molecule has 0 saturated carbocycles. The van der Waals surface area contributed by atoms with E-state index in [1.807, 2.05) is 20.8 Å². The minimum Gasteiger partial charge on any atom is -0.389 e. The molecule has 19 heavy (non-hydrogen) atoms. The predicted octanol–water partition coefficient (Wildman–Crippen LogP) is 1.63. The summed E-state index contributed by atoms with van der Waals surface area (Å²) < 4.78 is 5.57. The SMILES string of the molecule is CC(CN1CCCCC1)NCC(O)COC(C)(C)C. The van der Waals surface area contributed by atoms with Crippen LogP contribution < -0.4 is 5.32 Å². The van der Waals surface area contributed by atoms with E-state index in [0.29, 0.717) is 19.2 Å². The fourth-order valence-corrected chi connectivity index (χ4v) is 2.34. The van der Waals surface area contributed by atoms with Gasteiger partial charge in [0.05, 0.1) is 18.3 Å². The largest absolute Gasteiger partial charge is 0.389 e. The van der Waals surface area contributed by atoms with Crippen molar-refractivity contribution in [2.75, 3.05) is 32.8 Å². The number of rotatable bonds is 7. The zero-order chi connectivity index (χ0) is 14.3. The maximum absolute atomic E-state index is 9.87. The van der Waals surface area contributed by atoms with Gasteiger partial charge in [-0.2, -0.15) is 0 Å². The topological polar surface area (TPSA) is 44.7 Å². The summed E-state index contributed by atoms with van der Waals surface area (Å²) in [5.41, 5.74) is -0.180. The molecular weight excluding hydrogens is 240 g/mol. The van der Waals surface area contributed by atoms with E-state index < -0.39 is 6.10 Å². The highest BCUT2D eigenvalue weighted by Crippen LogP contribution is 2.09. The molecule has 1 fully saturated rings. The molecule has 1 aliphatic heterocycles. The molecule has 0 bridgehead atoms. The predicted molar refractivity (Wildman–Crippen MR) is 79.5 cm³/mol. The Labute approximate surface area is 118 Å². The van der Waals surface area contributed by atoms with E-state index in [0.717, 1.165) is 6.54 Å². The summed E-state index contributed by atoms with van der Waals surface area (Å²) in [6.45, 7) is 12.7. The fourth-order valence-electron chi connectivity index (χ4n) is 2.34. The van der Waals surface area contributed by atoms with Gasteiger partial charge >= 0.3 is 0 Å². The van der Waals surface area contributed by atoms with Crippen LogP contribution in [0.3, 0.4) is 0 Å². The van der Waals surface area contributed by atoms with Gasteiger partial charge in [-0.1, -0.05) is 6.42 Å². The molecule has 114 valence electrons. The normalized spacial score (nSPS) is 21.3. The van der Waals surface area contributed by atoms with Crippen molar-refractivity contribution < 1.29 is 9.84 Å². The second kappa shape index (κ2) is 8.20. The summed E-state index contributed by atoms with van der Waals surface area (Å²) in [6.07, 6.45) is 3.60. The Balaban J connectivity index is 2.09. The number of piperidine rings is 1. The number of aliphatic hydroxyl groups excluding tert-OH is 1. The number of nitrogens with one attached hydrogen (secondary N) is 1. The maximum Gasteiger partial charge on any atom is 0.0898 e. The molecule has 0 spiro atoms. The van der Waals surface area contributed by atoms with Crippen LogP contribution in [-0.2, 0) is 4.74 Å². The van der Waals surface area contributed by atoms with Crippen LogP contribution in [-0.4, -0.2) is 60.5 Å². The standard InChI is InChI=1S/C15H32N2O2/c1-13(11-17-8-6-5-7-9-17)16-10-14(18)12-19-15(2,3)4/h13-14,16,18H,5-12H2,1-4H3. The van der Waals surface area contributed by atoms with Crippen LogP contribution in [0.1, 0.15) is 47.0 Å². The number of hydrogen-bond acceptors (Lipinski definition) is 4. The monoisotopic (exact) mass is 272 g/mol. The van der Waals surface area contributed by atoms with Crippen LogP contribution >= 0.6 is 0 Å². The lowest BCUT2D eigenvalue weighted by Crippen LogP contribution is -2.44. The van der Waals surface area contributed by atoms with Crippen molar-refractivity contribution in [2.24, 2.45) is 0 Å². The fraction of sp³-hybridized carbons (Fsp3) is 1.00. The smallest absolute Gasteiger partial charge is 0.0898 e. The van der Waals surface area contributed by atoms with Gasteiger partial charge < -0.3 is 20.1 Å². The Morgan fingerprint density at radius 2 is 1.84 bits per heavy atom. The van der Waals surface area contributed by atoms with E-state index >= 15 is 0 Å². The van der Waals surface area contributed by atoms with Gasteiger partial charge in [0.2, 0.25) is 0 Å². The molecule has 0 aliphatic carbocycles. The summed E-state index contributed by atoms with van der Waals surface area (Å²) in [7, 11) is 0. The van der Waals surface area contributed by atoms with Crippen molar-refractivity contribution in [3.05, 3.63) is 0 Å². The van der Waals surface area contributed by atoms with Crippen molar-refractivity contribution >= 4 is 0 Å². The molecule has 2 unspecified atom stereocenters. The first-order valence-corrected chi connectivity index (χ1v) is 7.64. The minimum atomic E-state index is -0.428. The summed E-state index contributed by atoms with van der Waals surface area (Å²) in [5.74, 6) is 0. The van der Waals surface area contributed by atoms with Crippen LogP contribution in [0, 0.1) is 0 Å². The highest BCUT2D eigenvalue weighted by atomic mass is 16.5. The molecule has 1 rings (SSSR count). The van der Waals surface area contributed by atoms with E-state index in [-0.39, 0.29) is 5.60 Å². The van der Waals surface area contributed by atoms with Crippen LogP contribution in [0.25, 0.3) is 0 Å². The van der Waals surface area contributed by atoms with E-state index in [9.17, 15) is 5.11 Å². The molecule has 0 aromatic heterocycles. The molecule has 0 aromatic rings. The van der Waals surface area contributed by atoms with Crippen molar-refractivity contribution in [3.8, 4) is 0 Å². The average Bonchev–Trinajstić information content (AvgIpc) is 2.34. The van der Waals surface area contributed by atoms with Crippen molar-refractivity contribution in [1.29, 1.82) is 0 Å². The average molecular weight is 272 g/mol. The van der Waals surface area contributed by atoms with E-state index in [1.54, 1.807) is 0 Å². The quantitative estimate of drug-likeness (QED) is 0.739. The highest BCUT2D eigenvalue weighted by molar-refractivity contribution is 4.73. The van der Waals surface area contributed by atoms with Gasteiger partial charge in [0, 0.05) is 19.1 Å². The van der Waals surface area contributed by atoms with Gasteiger partial charge in [0.15, 0.2) is 0 Å². The molecule has 0 radical (unpaired) electrons. The molecule has 4 heteroatoms. The van der Waals surface area contributed by atoms with Crippen LogP contribution in [0.5, 0.6) is 0 Å². The zero-order valence-electron chi connectivity index (χ0n) is 13.1. The number of ether oxygens (including phenoxy) is 1. The number of likely N-dealkylation sites (tertiary alicyclic amines) is 1. The number of nitrogens with zero attached hydrogens (tertiary/aromatic N) is 1. The Morgan fingerprint density at radius 3 is 2.42 bits per heavy atom. The summed E-state index contributed by atoms with van der Waals surface area (Å²) in [4.78, 5) is 2.51. The summed E-state index contributed by atoms with van der Waals surface area (Å²) in [5, 5.41) is 13.3. The third-order valence-electron chi connectivity index (χ3n) is 3.39. The molecule has 1 aliphatic rings. The lowest BCUT2D eigenvalue weighted by atomic mass is 10.1. The molecule has 0 amide bonds. The first-order chi connectivity index (χ1) is 8.87. The van der Waals surface area contributed by atoms with Gasteiger partial charge in [-0.25, -0.2) is 0 Å². The highest BCUT2D eigenvalue weighted by Gasteiger charge is 2.16. The molecule has 0 aromatic carbocycles. The molecular formula is C15H32N2O2. The number of aliphatic hydroxyl groups is 1. The van der Waals surface area contributed by atoms with Gasteiger partial charge in [0.1, 0.15) is 0 Å². The second-order valence-corrected chi connectivity index (χ2v) is 6.75. The molecule has 4 nitrogen and oxygen atoms in total. The number of hydrogen-bond donors (Lipinski definition) is 2. The molecule has 1 saturated heterocycles. The van der Waals surface area contributed by atoms with Crippen molar-refractivity contribution in [1.82, 2.24) is 10.2 Å². The maximum atomic E-state index is 9.87. The van der Waals surface area contributed by atoms with Crippen LogP contribution in [0.15, 0.2) is 0 Å². The Bertz CT molecular complexity index is 235. The van der Waals surface area contributed by atoms with Gasteiger partial charge in [-0.05, 0) is 53.6 Å². The van der Waals surface area contributed by atoms with E-state index in [2.05, 4.69) is 17.1 Å². The zero-order valence-corrected chi connectivity index (χ0v) is 13.1. The van der Waals surface area contributed by atoms with Crippen molar-refractivity contribution in [2.45, 2.75) is 64.7 Å². The summed E-state index contributed by atoms with van der Waals surface area (Å²) in [6, 6.07) is 0.419. The van der Waals surface area contributed by atoms with Gasteiger partial charge in [-0.15, -0.1) is 0 Å². The lowest BCUT2D eigenvalue weighted by Gasteiger charge is -2.30. The third kappa shape index (κ3) is 8.58. The Kier molecular flexibility index (Phi) is 7.29. The summed E-state index contributed by atoms with van der Waals surface area (Å²) >= 11 is 0. The Hall–Kier alpha value is -0.160. The lowest BCUT2D eigenvalue weighted by molar-refractivity contribution is -0.0484. The van der Waals surface area contributed by atoms with Gasteiger partial charge in [-0.3, -0.25) is 0 Å². The van der Waals surface area contributed by atoms with Gasteiger partial charge in [0.25, 0.3) is 0 Å². The first-order valence-electron chi connectivity index (χ1n) is 7.64. The minimum absolute atomic E-state index is 0.180. The molecule has 1 heterocycles. The van der Waals surface area contributed by atoms with Crippen LogP contribution in [0.4, 0.5) is 0 Å². The first kappa shape index (κ1) is 16.9. The van der Waals surface area contributed by atoms with E-state index in [4.69, 9.17) is 4.74 Å². The van der Waals surface area contributed by atoms with E-state index in [1.165, 1.54) is 32.4 Å².